The lowest BCUT2D eigenvalue weighted by atomic mass is 9.98. The van der Waals surface area contributed by atoms with E-state index in [9.17, 15) is 13.2 Å². The van der Waals surface area contributed by atoms with Crippen LogP contribution in [0.15, 0.2) is 30.3 Å². The Kier molecular flexibility index (Phi) is 4.32. The highest BCUT2D eigenvalue weighted by molar-refractivity contribution is 6.31. The molecule has 0 aliphatic rings. The molecule has 0 bridgehead atoms. The number of halogens is 4. The van der Waals surface area contributed by atoms with E-state index in [4.69, 9.17) is 17.4 Å². The molecular weight excluding hydrogens is 289 g/mol. The Hall–Kier alpha value is -1.56. The van der Waals surface area contributed by atoms with Crippen molar-refractivity contribution < 1.29 is 13.2 Å². The number of benzene rings is 2. The van der Waals surface area contributed by atoms with E-state index in [2.05, 4.69) is 5.43 Å². The van der Waals surface area contributed by atoms with Crippen molar-refractivity contribution in [2.75, 3.05) is 0 Å². The molecule has 0 saturated heterocycles. The molecule has 2 rings (SSSR count). The molecule has 0 saturated carbocycles. The molecule has 0 spiro atoms. The molecule has 2 aromatic rings. The third kappa shape index (κ3) is 2.80. The summed E-state index contributed by atoms with van der Waals surface area (Å²) < 4.78 is 39.5. The third-order valence-corrected chi connectivity index (χ3v) is 3.44. The molecule has 0 aromatic heterocycles. The molecule has 106 valence electrons. The zero-order valence-electron chi connectivity index (χ0n) is 10.6. The van der Waals surface area contributed by atoms with E-state index in [-0.39, 0.29) is 5.56 Å². The Bertz CT molecular complexity index is 623. The monoisotopic (exact) mass is 300 g/mol. The lowest BCUT2D eigenvalue weighted by Crippen LogP contribution is -2.29. The molecule has 0 aliphatic carbocycles. The fourth-order valence-corrected chi connectivity index (χ4v) is 2.10. The molecule has 6 heteroatoms. The SMILES string of the molecule is Cc1ccc(C(NN)c2cc(F)c(F)c(F)c2)cc1Cl. The highest BCUT2D eigenvalue weighted by Crippen LogP contribution is 2.27. The minimum Gasteiger partial charge on any atom is -0.271 e. The second-order valence-electron chi connectivity index (χ2n) is 4.41. The first-order valence-electron chi connectivity index (χ1n) is 5.80. The Morgan fingerprint density at radius 3 is 2.15 bits per heavy atom. The summed E-state index contributed by atoms with van der Waals surface area (Å²) in [5.41, 5.74) is 4.09. The maximum Gasteiger partial charge on any atom is 0.194 e. The number of hydrogen-bond acceptors (Lipinski definition) is 2. The lowest BCUT2D eigenvalue weighted by molar-refractivity contribution is 0.442. The van der Waals surface area contributed by atoms with E-state index in [1.807, 2.05) is 6.92 Å². The number of nitrogens with two attached hydrogens (primary N) is 1. The predicted octanol–water partition coefficient (Wildman–Crippen LogP) is 3.62. The van der Waals surface area contributed by atoms with Gasteiger partial charge in [0, 0.05) is 5.02 Å². The van der Waals surface area contributed by atoms with Gasteiger partial charge < -0.3 is 0 Å². The first kappa shape index (κ1) is 14.8. The van der Waals surface area contributed by atoms with Crippen LogP contribution < -0.4 is 11.3 Å². The summed E-state index contributed by atoms with van der Waals surface area (Å²) in [4.78, 5) is 0. The van der Waals surface area contributed by atoms with E-state index in [0.29, 0.717) is 10.6 Å². The first-order valence-corrected chi connectivity index (χ1v) is 6.18. The average molecular weight is 301 g/mol. The number of hydrogen-bond donors (Lipinski definition) is 2. The van der Waals surface area contributed by atoms with E-state index in [1.165, 1.54) is 0 Å². The summed E-state index contributed by atoms with van der Waals surface area (Å²) in [6.07, 6.45) is 0. The van der Waals surface area contributed by atoms with Crippen molar-refractivity contribution >= 4 is 11.6 Å². The average Bonchev–Trinajstić information content (AvgIpc) is 2.41. The molecule has 1 atom stereocenters. The fourth-order valence-electron chi connectivity index (χ4n) is 1.92. The van der Waals surface area contributed by atoms with E-state index < -0.39 is 23.5 Å². The largest absolute Gasteiger partial charge is 0.271 e. The lowest BCUT2D eigenvalue weighted by Gasteiger charge is -2.18. The summed E-state index contributed by atoms with van der Waals surface area (Å²) in [5, 5.41) is 0.505. The van der Waals surface area contributed by atoms with Crippen molar-refractivity contribution in [2.45, 2.75) is 13.0 Å². The van der Waals surface area contributed by atoms with Crippen LogP contribution in [0.3, 0.4) is 0 Å². The fraction of sp³-hybridized carbons (Fsp3) is 0.143. The number of nitrogens with one attached hydrogen (secondary N) is 1. The summed E-state index contributed by atoms with van der Waals surface area (Å²) >= 11 is 6.01. The van der Waals surface area contributed by atoms with Crippen LogP contribution in [-0.4, -0.2) is 0 Å². The zero-order chi connectivity index (χ0) is 14.9. The molecular formula is C14H12ClF3N2. The van der Waals surface area contributed by atoms with Crippen molar-refractivity contribution in [1.29, 1.82) is 0 Å². The van der Waals surface area contributed by atoms with E-state index in [0.717, 1.165) is 17.7 Å². The molecule has 20 heavy (non-hydrogen) atoms. The summed E-state index contributed by atoms with van der Waals surface area (Å²) in [7, 11) is 0. The standard InChI is InChI=1S/C14H12ClF3N2/c1-7-2-3-8(4-10(7)15)14(20-19)9-5-11(16)13(18)12(17)6-9/h2-6,14,20H,19H2,1H3. The minimum absolute atomic E-state index is 0.170. The Balaban J connectivity index is 2.49. The van der Waals surface area contributed by atoms with Crippen LogP contribution in [0.1, 0.15) is 22.7 Å². The van der Waals surface area contributed by atoms with Crippen molar-refractivity contribution in [2.24, 2.45) is 5.84 Å². The van der Waals surface area contributed by atoms with Crippen LogP contribution >= 0.6 is 11.6 Å². The number of aryl methyl sites for hydroxylation is 1. The predicted molar refractivity (Wildman–Crippen MR) is 71.7 cm³/mol. The van der Waals surface area contributed by atoms with Gasteiger partial charge in [0.05, 0.1) is 6.04 Å². The van der Waals surface area contributed by atoms with Crippen LogP contribution in [0.2, 0.25) is 5.02 Å². The topological polar surface area (TPSA) is 38.0 Å². The van der Waals surface area contributed by atoms with Gasteiger partial charge in [0.15, 0.2) is 17.5 Å². The van der Waals surface area contributed by atoms with Gasteiger partial charge in [0.1, 0.15) is 0 Å². The molecule has 2 nitrogen and oxygen atoms in total. The second-order valence-corrected chi connectivity index (χ2v) is 4.81. The second kappa shape index (κ2) is 5.83. The van der Waals surface area contributed by atoms with Gasteiger partial charge in [-0.2, -0.15) is 0 Å². The summed E-state index contributed by atoms with van der Waals surface area (Å²) in [5.74, 6) is 1.39. The molecule has 0 amide bonds. The Morgan fingerprint density at radius 2 is 1.65 bits per heavy atom. The highest BCUT2D eigenvalue weighted by atomic mass is 35.5. The van der Waals surface area contributed by atoms with Gasteiger partial charge in [-0.1, -0.05) is 23.7 Å². The highest BCUT2D eigenvalue weighted by Gasteiger charge is 2.18. The van der Waals surface area contributed by atoms with E-state index in [1.54, 1.807) is 18.2 Å². The molecule has 1 unspecified atom stereocenters. The molecule has 0 fully saturated rings. The molecule has 3 N–H and O–H groups in total. The van der Waals surface area contributed by atoms with Gasteiger partial charge in [0.2, 0.25) is 0 Å². The smallest absolute Gasteiger partial charge is 0.194 e. The van der Waals surface area contributed by atoms with Gasteiger partial charge >= 0.3 is 0 Å². The first-order chi connectivity index (χ1) is 9.43. The molecule has 0 heterocycles. The zero-order valence-corrected chi connectivity index (χ0v) is 11.3. The van der Waals surface area contributed by atoms with Crippen molar-refractivity contribution in [3.63, 3.8) is 0 Å². The van der Waals surface area contributed by atoms with Crippen LogP contribution in [0, 0.1) is 24.4 Å². The van der Waals surface area contributed by atoms with Crippen LogP contribution in [0.5, 0.6) is 0 Å². The van der Waals surface area contributed by atoms with Crippen molar-refractivity contribution in [1.82, 2.24) is 5.43 Å². The maximum atomic E-state index is 13.3. The van der Waals surface area contributed by atoms with Crippen LogP contribution in [0.4, 0.5) is 13.2 Å². The third-order valence-electron chi connectivity index (χ3n) is 3.04. The van der Waals surface area contributed by atoms with Gasteiger partial charge in [-0.15, -0.1) is 0 Å². The van der Waals surface area contributed by atoms with Gasteiger partial charge in [-0.05, 0) is 41.8 Å². The van der Waals surface area contributed by atoms with Gasteiger partial charge in [-0.25, -0.2) is 18.6 Å². The van der Waals surface area contributed by atoms with Crippen LogP contribution in [-0.2, 0) is 0 Å². The van der Waals surface area contributed by atoms with Gasteiger partial charge in [0.25, 0.3) is 0 Å². The quantitative estimate of drug-likeness (QED) is 0.516. The van der Waals surface area contributed by atoms with Crippen LogP contribution in [0.25, 0.3) is 0 Å². The van der Waals surface area contributed by atoms with Gasteiger partial charge in [-0.3, -0.25) is 5.84 Å². The number of hydrazine groups is 1. The Labute approximate surface area is 119 Å². The summed E-state index contributed by atoms with van der Waals surface area (Å²) in [6.45, 7) is 1.83. The maximum absolute atomic E-state index is 13.3. The van der Waals surface area contributed by atoms with E-state index >= 15 is 0 Å². The minimum atomic E-state index is -1.51. The molecule has 0 aliphatic heterocycles. The van der Waals surface area contributed by atoms with Crippen molar-refractivity contribution in [3.05, 3.63) is 69.5 Å². The summed E-state index contributed by atoms with van der Waals surface area (Å²) in [6, 6.07) is 6.23. The number of rotatable bonds is 3. The normalized spacial score (nSPS) is 12.5. The van der Waals surface area contributed by atoms with Crippen molar-refractivity contribution in [3.8, 4) is 0 Å². The molecule has 2 aromatic carbocycles. The molecule has 0 radical (unpaired) electrons. The Morgan fingerprint density at radius 1 is 1.05 bits per heavy atom.